The molecular formula is C13H22N2. The molecule has 0 bridgehead atoms. The molecule has 0 spiro atoms. The predicted molar refractivity (Wildman–Crippen MR) is 63.6 cm³/mol. The fourth-order valence-electron chi connectivity index (χ4n) is 2.46. The van der Waals surface area contributed by atoms with Gasteiger partial charge >= 0.3 is 0 Å². The molecule has 0 radical (unpaired) electrons. The van der Waals surface area contributed by atoms with Gasteiger partial charge in [0, 0.05) is 12.1 Å². The van der Waals surface area contributed by atoms with Crippen molar-refractivity contribution in [3.05, 3.63) is 0 Å². The lowest BCUT2D eigenvalue weighted by atomic mass is 9.78. The second kappa shape index (κ2) is 5.01. The minimum Gasteiger partial charge on any atom is -0.314 e. The Morgan fingerprint density at radius 2 is 2.13 bits per heavy atom. The summed E-state index contributed by atoms with van der Waals surface area (Å²) < 4.78 is 0. The smallest absolute Gasteiger partial charge is 0.0601 e. The second-order valence-electron chi connectivity index (χ2n) is 4.85. The molecule has 2 saturated carbocycles. The minimum absolute atomic E-state index is 0.747. The number of rotatable bonds is 6. The summed E-state index contributed by atoms with van der Waals surface area (Å²) in [7, 11) is 0. The van der Waals surface area contributed by atoms with E-state index in [0.29, 0.717) is 0 Å². The SMILES string of the molecule is C#CCN(CC)C1CCC1CNC1CC1. The molecule has 0 aromatic carbocycles. The van der Waals surface area contributed by atoms with Crippen LogP contribution in [-0.2, 0) is 0 Å². The Morgan fingerprint density at radius 1 is 1.33 bits per heavy atom. The lowest BCUT2D eigenvalue weighted by Gasteiger charge is -2.43. The maximum absolute atomic E-state index is 5.39. The molecule has 0 aromatic heterocycles. The topological polar surface area (TPSA) is 15.3 Å². The first-order chi connectivity index (χ1) is 7.35. The van der Waals surface area contributed by atoms with Gasteiger partial charge in [-0.25, -0.2) is 0 Å². The van der Waals surface area contributed by atoms with Crippen molar-refractivity contribution in [1.82, 2.24) is 10.2 Å². The van der Waals surface area contributed by atoms with Crippen molar-refractivity contribution < 1.29 is 0 Å². The predicted octanol–water partition coefficient (Wildman–Crippen LogP) is 1.47. The Labute approximate surface area is 93.4 Å². The van der Waals surface area contributed by atoms with Gasteiger partial charge < -0.3 is 5.32 Å². The quantitative estimate of drug-likeness (QED) is 0.662. The van der Waals surface area contributed by atoms with Crippen LogP contribution >= 0.6 is 0 Å². The van der Waals surface area contributed by atoms with Crippen LogP contribution in [-0.4, -0.2) is 36.6 Å². The Morgan fingerprint density at radius 3 is 2.60 bits per heavy atom. The molecule has 2 aliphatic rings. The van der Waals surface area contributed by atoms with Crippen molar-refractivity contribution in [2.75, 3.05) is 19.6 Å². The summed E-state index contributed by atoms with van der Waals surface area (Å²) in [6, 6.07) is 1.59. The summed E-state index contributed by atoms with van der Waals surface area (Å²) in [6.07, 6.45) is 10.9. The van der Waals surface area contributed by atoms with Crippen LogP contribution in [0, 0.1) is 18.3 Å². The van der Waals surface area contributed by atoms with Crippen LogP contribution in [0.15, 0.2) is 0 Å². The molecule has 1 N–H and O–H groups in total. The van der Waals surface area contributed by atoms with Gasteiger partial charge in [0.2, 0.25) is 0 Å². The first kappa shape index (κ1) is 11.0. The number of hydrogen-bond acceptors (Lipinski definition) is 2. The second-order valence-corrected chi connectivity index (χ2v) is 4.85. The van der Waals surface area contributed by atoms with Gasteiger partial charge in [0.05, 0.1) is 6.54 Å². The van der Waals surface area contributed by atoms with E-state index >= 15 is 0 Å². The van der Waals surface area contributed by atoms with Crippen molar-refractivity contribution in [2.45, 2.75) is 44.7 Å². The molecule has 2 fully saturated rings. The molecular weight excluding hydrogens is 184 g/mol. The molecule has 0 saturated heterocycles. The van der Waals surface area contributed by atoms with E-state index in [1.807, 2.05) is 0 Å². The fourth-order valence-corrected chi connectivity index (χ4v) is 2.46. The molecule has 0 heterocycles. The molecule has 2 rings (SSSR count). The van der Waals surface area contributed by atoms with E-state index in [-0.39, 0.29) is 0 Å². The zero-order valence-electron chi connectivity index (χ0n) is 9.71. The first-order valence-corrected chi connectivity index (χ1v) is 6.26. The zero-order valence-corrected chi connectivity index (χ0v) is 9.71. The van der Waals surface area contributed by atoms with Crippen LogP contribution in [0.4, 0.5) is 0 Å². The Hall–Kier alpha value is -0.520. The lowest BCUT2D eigenvalue weighted by Crippen LogP contribution is -2.50. The van der Waals surface area contributed by atoms with Crippen LogP contribution < -0.4 is 5.32 Å². The van der Waals surface area contributed by atoms with E-state index < -0.39 is 0 Å². The highest BCUT2D eigenvalue weighted by Crippen LogP contribution is 2.32. The summed E-state index contributed by atoms with van der Waals surface area (Å²) >= 11 is 0. The van der Waals surface area contributed by atoms with Gasteiger partial charge in [0.25, 0.3) is 0 Å². The Balaban J connectivity index is 1.73. The molecule has 2 unspecified atom stereocenters. The van der Waals surface area contributed by atoms with Crippen molar-refractivity contribution in [3.63, 3.8) is 0 Å². The minimum atomic E-state index is 0.747. The Kier molecular flexibility index (Phi) is 3.66. The molecule has 2 atom stereocenters. The number of terminal acetylenes is 1. The highest BCUT2D eigenvalue weighted by molar-refractivity contribution is 4.96. The Bertz CT molecular complexity index is 239. The highest BCUT2D eigenvalue weighted by atomic mass is 15.2. The molecule has 2 heteroatoms. The summed E-state index contributed by atoms with van der Waals surface area (Å²) in [5.74, 6) is 3.62. The number of nitrogens with zero attached hydrogens (tertiary/aromatic N) is 1. The van der Waals surface area contributed by atoms with E-state index in [1.54, 1.807) is 0 Å². The lowest BCUT2D eigenvalue weighted by molar-refractivity contribution is 0.0773. The number of hydrogen-bond donors (Lipinski definition) is 1. The van der Waals surface area contributed by atoms with Crippen LogP contribution in [0.25, 0.3) is 0 Å². The first-order valence-electron chi connectivity index (χ1n) is 6.26. The molecule has 0 aliphatic heterocycles. The maximum atomic E-state index is 5.39. The van der Waals surface area contributed by atoms with Crippen LogP contribution in [0.2, 0.25) is 0 Å². The van der Waals surface area contributed by atoms with E-state index in [2.05, 4.69) is 23.1 Å². The van der Waals surface area contributed by atoms with E-state index in [4.69, 9.17) is 6.42 Å². The van der Waals surface area contributed by atoms with E-state index in [1.165, 1.54) is 32.2 Å². The monoisotopic (exact) mass is 206 g/mol. The van der Waals surface area contributed by atoms with Crippen molar-refractivity contribution in [3.8, 4) is 12.3 Å². The van der Waals surface area contributed by atoms with Crippen molar-refractivity contribution >= 4 is 0 Å². The van der Waals surface area contributed by atoms with Gasteiger partial charge in [-0.3, -0.25) is 4.90 Å². The summed E-state index contributed by atoms with van der Waals surface area (Å²) in [5.41, 5.74) is 0. The number of nitrogens with one attached hydrogen (secondary N) is 1. The summed E-state index contributed by atoms with van der Waals surface area (Å²) in [6.45, 7) is 5.33. The average Bonchev–Trinajstić information content (AvgIpc) is 2.99. The third-order valence-corrected chi connectivity index (χ3v) is 3.79. The highest BCUT2D eigenvalue weighted by Gasteiger charge is 2.35. The molecule has 0 aromatic rings. The zero-order chi connectivity index (χ0) is 10.7. The van der Waals surface area contributed by atoms with Gasteiger partial charge in [-0.1, -0.05) is 12.8 Å². The molecule has 0 amide bonds. The van der Waals surface area contributed by atoms with Gasteiger partial charge in [-0.05, 0) is 44.7 Å². The van der Waals surface area contributed by atoms with E-state index in [9.17, 15) is 0 Å². The molecule has 2 nitrogen and oxygen atoms in total. The van der Waals surface area contributed by atoms with Gasteiger partial charge in [-0.15, -0.1) is 6.42 Å². The third-order valence-electron chi connectivity index (χ3n) is 3.79. The largest absolute Gasteiger partial charge is 0.314 e. The standard InChI is InChI=1S/C13H22N2/c1-3-9-15(4-2)13-8-5-11(13)10-14-12-6-7-12/h1,11-14H,4-10H2,2H3. The van der Waals surface area contributed by atoms with Gasteiger partial charge in [-0.2, -0.15) is 0 Å². The van der Waals surface area contributed by atoms with Crippen LogP contribution in [0.5, 0.6) is 0 Å². The van der Waals surface area contributed by atoms with Crippen LogP contribution in [0.1, 0.15) is 32.6 Å². The fraction of sp³-hybridized carbons (Fsp3) is 0.846. The third kappa shape index (κ3) is 2.74. The normalized spacial score (nSPS) is 29.9. The van der Waals surface area contributed by atoms with Gasteiger partial charge in [0.1, 0.15) is 0 Å². The van der Waals surface area contributed by atoms with E-state index in [0.717, 1.165) is 31.1 Å². The molecule has 15 heavy (non-hydrogen) atoms. The van der Waals surface area contributed by atoms with Crippen molar-refractivity contribution in [1.29, 1.82) is 0 Å². The van der Waals surface area contributed by atoms with Crippen molar-refractivity contribution in [2.24, 2.45) is 5.92 Å². The summed E-state index contributed by atoms with van der Waals surface area (Å²) in [4.78, 5) is 2.45. The molecule has 84 valence electrons. The average molecular weight is 206 g/mol. The molecule has 2 aliphatic carbocycles. The summed E-state index contributed by atoms with van der Waals surface area (Å²) in [5, 5.41) is 3.63. The van der Waals surface area contributed by atoms with Gasteiger partial charge in [0.15, 0.2) is 0 Å². The maximum Gasteiger partial charge on any atom is 0.0601 e. The van der Waals surface area contributed by atoms with Crippen LogP contribution in [0.3, 0.4) is 0 Å².